The summed E-state index contributed by atoms with van der Waals surface area (Å²) in [5.74, 6) is 0.290. The molecule has 3 rings (SSSR count). The maximum absolute atomic E-state index is 12.2. The van der Waals surface area contributed by atoms with E-state index in [-0.39, 0.29) is 6.10 Å². The molecule has 3 heterocycles. The van der Waals surface area contributed by atoms with Crippen molar-refractivity contribution in [3.63, 3.8) is 0 Å². The fraction of sp³-hybridized carbons (Fsp3) is 0.944. The van der Waals surface area contributed by atoms with Gasteiger partial charge < -0.3 is 14.7 Å². The maximum Gasteiger partial charge on any atom is 0.222 e. The molecule has 3 fully saturated rings. The third kappa shape index (κ3) is 4.28. The van der Waals surface area contributed by atoms with Gasteiger partial charge in [-0.3, -0.25) is 14.6 Å². The summed E-state index contributed by atoms with van der Waals surface area (Å²) >= 11 is 0. The van der Waals surface area contributed by atoms with E-state index >= 15 is 0 Å². The first-order valence-corrected chi connectivity index (χ1v) is 9.70. The molecule has 6 nitrogen and oxygen atoms in total. The molecule has 3 aliphatic rings. The van der Waals surface area contributed by atoms with Crippen molar-refractivity contribution >= 4 is 5.91 Å². The Morgan fingerprint density at radius 2 is 1.79 bits per heavy atom. The predicted molar refractivity (Wildman–Crippen MR) is 92.9 cm³/mol. The van der Waals surface area contributed by atoms with Gasteiger partial charge in [0.05, 0.1) is 19.3 Å². The van der Waals surface area contributed by atoms with Crippen molar-refractivity contribution < 1.29 is 14.6 Å². The minimum Gasteiger partial charge on any atom is -0.390 e. The highest BCUT2D eigenvalue weighted by Crippen LogP contribution is 2.30. The average Bonchev–Trinajstić information content (AvgIpc) is 3.23. The molecule has 0 aromatic heterocycles. The van der Waals surface area contributed by atoms with E-state index in [9.17, 15) is 9.90 Å². The van der Waals surface area contributed by atoms with Gasteiger partial charge in [0, 0.05) is 51.2 Å². The van der Waals surface area contributed by atoms with E-state index in [1.54, 1.807) is 0 Å². The van der Waals surface area contributed by atoms with Crippen molar-refractivity contribution in [1.82, 2.24) is 14.7 Å². The first-order chi connectivity index (χ1) is 11.7. The molecule has 0 radical (unpaired) electrons. The summed E-state index contributed by atoms with van der Waals surface area (Å²) < 4.78 is 5.37. The minimum absolute atomic E-state index is 0.290. The number of ether oxygens (including phenoxy) is 1. The summed E-state index contributed by atoms with van der Waals surface area (Å²) in [4.78, 5) is 19.1. The van der Waals surface area contributed by atoms with Gasteiger partial charge in [-0.1, -0.05) is 6.92 Å². The van der Waals surface area contributed by atoms with Crippen LogP contribution in [0.25, 0.3) is 0 Å². The summed E-state index contributed by atoms with van der Waals surface area (Å²) in [5, 5.41) is 10.5. The third-order valence-electron chi connectivity index (χ3n) is 5.80. The molecule has 6 heteroatoms. The number of rotatable bonds is 6. The van der Waals surface area contributed by atoms with Gasteiger partial charge in [0.15, 0.2) is 0 Å². The van der Waals surface area contributed by atoms with Crippen LogP contribution in [0.5, 0.6) is 0 Å². The van der Waals surface area contributed by atoms with E-state index in [1.807, 2.05) is 6.92 Å². The number of aliphatic hydroxyl groups is 1. The van der Waals surface area contributed by atoms with Crippen LogP contribution in [0.4, 0.5) is 0 Å². The van der Waals surface area contributed by atoms with E-state index < -0.39 is 0 Å². The van der Waals surface area contributed by atoms with Crippen molar-refractivity contribution in [2.75, 3.05) is 52.5 Å². The lowest BCUT2D eigenvalue weighted by Crippen LogP contribution is -2.51. The van der Waals surface area contributed by atoms with Gasteiger partial charge in [0.25, 0.3) is 0 Å². The molecule has 0 bridgehead atoms. The van der Waals surface area contributed by atoms with Crippen LogP contribution in [0.1, 0.15) is 39.0 Å². The first kappa shape index (κ1) is 18.1. The van der Waals surface area contributed by atoms with Crippen LogP contribution >= 0.6 is 0 Å². The number of hydrogen-bond acceptors (Lipinski definition) is 5. The summed E-state index contributed by atoms with van der Waals surface area (Å²) in [6, 6.07) is 0.790. The number of morpholine rings is 1. The topological polar surface area (TPSA) is 56.2 Å². The van der Waals surface area contributed by atoms with Crippen LogP contribution in [0.2, 0.25) is 0 Å². The van der Waals surface area contributed by atoms with Crippen molar-refractivity contribution in [3.05, 3.63) is 0 Å². The molecule has 0 aliphatic carbocycles. The molecule has 138 valence electrons. The van der Waals surface area contributed by atoms with Gasteiger partial charge in [0.2, 0.25) is 5.91 Å². The van der Waals surface area contributed by atoms with E-state index in [1.165, 1.54) is 6.42 Å². The number of carbonyl (C=O) groups excluding carboxylic acids is 1. The lowest BCUT2D eigenvalue weighted by atomic mass is 10.0. The highest BCUT2D eigenvalue weighted by atomic mass is 16.5. The fourth-order valence-electron chi connectivity index (χ4n) is 4.63. The van der Waals surface area contributed by atoms with Crippen LogP contribution in [0, 0.1) is 0 Å². The molecule has 1 N–H and O–H groups in total. The Bertz CT molecular complexity index is 414. The highest BCUT2D eigenvalue weighted by molar-refractivity contribution is 5.76. The monoisotopic (exact) mass is 339 g/mol. The van der Waals surface area contributed by atoms with Crippen LogP contribution in [-0.2, 0) is 9.53 Å². The molecule has 24 heavy (non-hydrogen) atoms. The molecule has 1 amide bonds. The Morgan fingerprint density at radius 1 is 1.08 bits per heavy atom. The number of amides is 1. The normalized spacial score (nSPS) is 30.8. The lowest BCUT2D eigenvalue weighted by Gasteiger charge is -2.36. The summed E-state index contributed by atoms with van der Waals surface area (Å²) in [6.45, 7) is 8.76. The average molecular weight is 339 g/mol. The second-order valence-corrected chi connectivity index (χ2v) is 7.42. The molecule has 3 aliphatic heterocycles. The maximum atomic E-state index is 12.2. The summed E-state index contributed by atoms with van der Waals surface area (Å²) in [7, 11) is 0. The molecule has 3 atom stereocenters. The van der Waals surface area contributed by atoms with Crippen molar-refractivity contribution in [2.45, 2.75) is 57.2 Å². The largest absolute Gasteiger partial charge is 0.390 e. The zero-order valence-corrected chi connectivity index (χ0v) is 15.0. The number of likely N-dealkylation sites (tertiary alicyclic amines) is 2. The Balaban J connectivity index is 1.53. The van der Waals surface area contributed by atoms with E-state index in [0.29, 0.717) is 24.4 Å². The summed E-state index contributed by atoms with van der Waals surface area (Å²) in [5.41, 5.74) is 0. The van der Waals surface area contributed by atoms with Crippen LogP contribution in [-0.4, -0.2) is 96.4 Å². The smallest absolute Gasteiger partial charge is 0.222 e. The Hall–Kier alpha value is -0.690. The zero-order valence-electron chi connectivity index (χ0n) is 15.0. The van der Waals surface area contributed by atoms with Crippen LogP contribution < -0.4 is 0 Å². The standard InChI is InChI=1S/C18H33N3O3/c1-2-18(23)21-8-4-6-17(21)16-5-3-7-20(16)14-15(22)13-19-9-11-24-12-10-19/h15-17,22H,2-14H2,1H3/t15-,16-,17-/m1/s1. The van der Waals surface area contributed by atoms with Crippen molar-refractivity contribution in [1.29, 1.82) is 0 Å². The summed E-state index contributed by atoms with van der Waals surface area (Å²) in [6.07, 6.45) is 4.86. The molecular formula is C18H33N3O3. The highest BCUT2D eigenvalue weighted by Gasteiger charge is 2.39. The van der Waals surface area contributed by atoms with Crippen molar-refractivity contribution in [3.8, 4) is 0 Å². The van der Waals surface area contributed by atoms with Crippen molar-refractivity contribution in [2.24, 2.45) is 0 Å². The molecule has 0 aromatic rings. The Morgan fingerprint density at radius 3 is 2.54 bits per heavy atom. The van der Waals surface area contributed by atoms with Gasteiger partial charge in [0.1, 0.15) is 0 Å². The van der Waals surface area contributed by atoms with E-state index in [0.717, 1.165) is 71.7 Å². The predicted octanol–water partition coefficient (Wildman–Crippen LogP) is 0.545. The van der Waals surface area contributed by atoms with Gasteiger partial charge in [-0.25, -0.2) is 0 Å². The number of β-amino-alcohol motifs (C(OH)–C–C–N with tert-alkyl or cyclic N) is 1. The molecule has 0 unspecified atom stereocenters. The fourth-order valence-corrected chi connectivity index (χ4v) is 4.63. The second-order valence-electron chi connectivity index (χ2n) is 7.42. The quantitative estimate of drug-likeness (QED) is 0.766. The molecule has 0 aromatic carbocycles. The van der Waals surface area contributed by atoms with Gasteiger partial charge in [-0.2, -0.15) is 0 Å². The van der Waals surface area contributed by atoms with E-state index in [4.69, 9.17) is 4.74 Å². The van der Waals surface area contributed by atoms with Gasteiger partial charge >= 0.3 is 0 Å². The van der Waals surface area contributed by atoms with Crippen LogP contribution in [0.3, 0.4) is 0 Å². The molecule has 3 saturated heterocycles. The molecule has 0 spiro atoms. The van der Waals surface area contributed by atoms with Gasteiger partial charge in [-0.05, 0) is 32.2 Å². The minimum atomic E-state index is -0.319. The lowest BCUT2D eigenvalue weighted by molar-refractivity contribution is -0.132. The zero-order chi connectivity index (χ0) is 16.9. The number of carbonyl (C=O) groups is 1. The number of hydrogen-bond donors (Lipinski definition) is 1. The molecular weight excluding hydrogens is 306 g/mol. The third-order valence-corrected chi connectivity index (χ3v) is 5.80. The van der Waals surface area contributed by atoms with Gasteiger partial charge in [-0.15, -0.1) is 0 Å². The molecule has 0 saturated carbocycles. The first-order valence-electron chi connectivity index (χ1n) is 9.70. The second kappa shape index (κ2) is 8.61. The Kier molecular flexibility index (Phi) is 6.49. The number of nitrogens with zero attached hydrogens (tertiary/aromatic N) is 3. The van der Waals surface area contributed by atoms with Crippen LogP contribution in [0.15, 0.2) is 0 Å². The van der Waals surface area contributed by atoms with E-state index in [2.05, 4.69) is 14.7 Å². The Labute approximate surface area is 145 Å². The number of aliphatic hydroxyl groups excluding tert-OH is 1. The SMILES string of the molecule is CCC(=O)N1CCC[C@@H]1[C@H]1CCCN1C[C@H](O)CN1CCOCC1.